The fourth-order valence-corrected chi connectivity index (χ4v) is 3.44. The first-order chi connectivity index (χ1) is 13.3. The third kappa shape index (κ3) is 5.86. The largest absolute Gasteiger partial charge is 0.357 e. The summed E-state index contributed by atoms with van der Waals surface area (Å²) in [5.74, 6) is 1.89. The van der Waals surface area contributed by atoms with E-state index < -0.39 is 0 Å². The molecule has 0 amide bonds. The van der Waals surface area contributed by atoms with Gasteiger partial charge in [0.2, 0.25) is 0 Å². The van der Waals surface area contributed by atoms with Crippen molar-refractivity contribution in [1.82, 2.24) is 15.6 Å². The van der Waals surface area contributed by atoms with Crippen LogP contribution in [-0.4, -0.2) is 37.1 Å². The minimum absolute atomic E-state index is 0.630. The molecule has 1 aromatic heterocycles. The first-order valence-corrected chi connectivity index (χ1v) is 10.1. The zero-order chi connectivity index (χ0) is 18.9. The predicted octanol–water partition coefficient (Wildman–Crippen LogP) is 3.63. The molecule has 1 aliphatic rings. The van der Waals surface area contributed by atoms with Crippen molar-refractivity contribution in [2.24, 2.45) is 4.99 Å². The van der Waals surface area contributed by atoms with Crippen molar-refractivity contribution in [1.29, 1.82) is 0 Å². The third-order valence-electron chi connectivity index (χ3n) is 4.65. The summed E-state index contributed by atoms with van der Waals surface area (Å²) in [7, 11) is 0. The van der Waals surface area contributed by atoms with Crippen LogP contribution in [0.5, 0.6) is 0 Å². The van der Waals surface area contributed by atoms with Crippen LogP contribution in [0.2, 0.25) is 5.02 Å². The maximum absolute atomic E-state index is 6.23. The van der Waals surface area contributed by atoms with Gasteiger partial charge in [0.1, 0.15) is 5.82 Å². The molecular weight excluding hydrogens is 358 g/mol. The number of benzene rings is 1. The highest BCUT2D eigenvalue weighted by molar-refractivity contribution is 6.31. The molecule has 2 aromatic rings. The van der Waals surface area contributed by atoms with Crippen molar-refractivity contribution < 1.29 is 0 Å². The smallest absolute Gasteiger partial charge is 0.191 e. The summed E-state index contributed by atoms with van der Waals surface area (Å²) >= 11 is 6.23. The van der Waals surface area contributed by atoms with Gasteiger partial charge >= 0.3 is 0 Å². The number of nitrogens with zero attached hydrogens (tertiary/aromatic N) is 3. The maximum atomic E-state index is 6.23. The van der Waals surface area contributed by atoms with Gasteiger partial charge in [-0.25, -0.2) is 9.98 Å². The van der Waals surface area contributed by atoms with Crippen LogP contribution in [0, 0.1) is 0 Å². The normalized spacial score (nSPS) is 14.4. The molecule has 0 unspecified atom stereocenters. The Kier molecular flexibility index (Phi) is 7.34. The number of guanidine groups is 1. The second kappa shape index (κ2) is 10.2. The highest BCUT2D eigenvalue weighted by atomic mass is 35.5. The Morgan fingerprint density at radius 3 is 2.78 bits per heavy atom. The molecule has 0 atom stereocenters. The van der Waals surface area contributed by atoms with E-state index in [-0.39, 0.29) is 0 Å². The summed E-state index contributed by atoms with van der Waals surface area (Å²) in [6, 6.07) is 12.2. The van der Waals surface area contributed by atoms with Crippen LogP contribution in [0.15, 0.2) is 47.6 Å². The monoisotopic (exact) mass is 385 g/mol. The van der Waals surface area contributed by atoms with E-state index in [2.05, 4.69) is 39.6 Å². The van der Waals surface area contributed by atoms with Gasteiger partial charge in [0.05, 0.1) is 6.54 Å². The molecule has 144 valence electrons. The molecule has 2 heterocycles. The zero-order valence-electron chi connectivity index (χ0n) is 15.9. The quantitative estimate of drug-likeness (QED) is 0.564. The Morgan fingerprint density at radius 1 is 1.19 bits per heavy atom. The van der Waals surface area contributed by atoms with E-state index in [4.69, 9.17) is 16.6 Å². The Hall–Kier alpha value is -2.27. The molecule has 2 N–H and O–H groups in total. The summed E-state index contributed by atoms with van der Waals surface area (Å²) in [5.41, 5.74) is 2.32. The van der Waals surface area contributed by atoms with Crippen LogP contribution in [0.25, 0.3) is 0 Å². The van der Waals surface area contributed by atoms with Crippen molar-refractivity contribution in [3.63, 3.8) is 0 Å². The number of aliphatic imine (C=N–C) groups is 1. The second-order valence-corrected chi connectivity index (χ2v) is 7.09. The Labute approximate surface area is 166 Å². The predicted molar refractivity (Wildman–Crippen MR) is 114 cm³/mol. The number of rotatable bonds is 7. The molecule has 0 aliphatic carbocycles. The standard InChI is InChI=1S/C21H28ClN5/c1-2-23-21(25-12-10-18-7-3-4-8-19(18)22)26-16-17-9-11-24-20(15-17)27-13-5-6-14-27/h3-4,7-9,11,15H,2,5-6,10,12-14,16H2,1H3,(H2,23,25,26). The SMILES string of the molecule is CCNC(=NCc1ccnc(N2CCCC2)c1)NCCc1ccccc1Cl. The molecule has 1 saturated heterocycles. The summed E-state index contributed by atoms with van der Waals surface area (Å²) in [4.78, 5) is 11.6. The zero-order valence-corrected chi connectivity index (χ0v) is 16.7. The molecule has 6 heteroatoms. The number of aromatic nitrogens is 1. The van der Waals surface area contributed by atoms with Gasteiger partial charge in [0.15, 0.2) is 5.96 Å². The lowest BCUT2D eigenvalue weighted by molar-refractivity contribution is 0.799. The highest BCUT2D eigenvalue weighted by Gasteiger charge is 2.13. The van der Waals surface area contributed by atoms with Gasteiger partial charge < -0.3 is 15.5 Å². The van der Waals surface area contributed by atoms with Crippen molar-refractivity contribution in [3.8, 4) is 0 Å². The first-order valence-electron chi connectivity index (χ1n) is 9.71. The second-order valence-electron chi connectivity index (χ2n) is 6.68. The van der Waals surface area contributed by atoms with Crippen LogP contribution in [0.1, 0.15) is 30.9 Å². The van der Waals surface area contributed by atoms with Crippen molar-refractivity contribution in [2.75, 3.05) is 31.1 Å². The van der Waals surface area contributed by atoms with E-state index in [0.717, 1.165) is 55.0 Å². The molecule has 1 aromatic carbocycles. The van der Waals surface area contributed by atoms with Gasteiger partial charge in [0.25, 0.3) is 0 Å². The van der Waals surface area contributed by atoms with Crippen LogP contribution < -0.4 is 15.5 Å². The van der Waals surface area contributed by atoms with Crippen LogP contribution in [0.3, 0.4) is 0 Å². The molecule has 0 bridgehead atoms. The molecule has 0 saturated carbocycles. The Morgan fingerprint density at radius 2 is 2.00 bits per heavy atom. The lowest BCUT2D eigenvalue weighted by Crippen LogP contribution is -2.38. The first kappa shape index (κ1) is 19.5. The van der Waals surface area contributed by atoms with Crippen molar-refractivity contribution in [3.05, 3.63) is 58.7 Å². The van der Waals surface area contributed by atoms with E-state index in [0.29, 0.717) is 6.54 Å². The van der Waals surface area contributed by atoms with E-state index in [1.807, 2.05) is 30.5 Å². The van der Waals surface area contributed by atoms with Crippen LogP contribution in [0.4, 0.5) is 5.82 Å². The minimum Gasteiger partial charge on any atom is -0.357 e. The summed E-state index contributed by atoms with van der Waals surface area (Å²) in [6.45, 7) is 6.52. The molecule has 0 radical (unpaired) electrons. The molecule has 27 heavy (non-hydrogen) atoms. The lowest BCUT2D eigenvalue weighted by atomic mass is 10.1. The molecule has 5 nitrogen and oxygen atoms in total. The van der Waals surface area contributed by atoms with Crippen molar-refractivity contribution in [2.45, 2.75) is 32.7 Å². The number of pyridine rings is 1. The van der Waals surface area contributed by atoms with E-state index in [1.54, 1.807) is 0 Å². The number of halogens is 1. The highest BCUT2D eigenvalue weighted by Crippen LogP contribution is 2.19. The van der Waals surface area contributed by atoms with Gasteiger partial charge in [-0.05, 0) is 55.5 Å². The summed E-state index contributed by atoms with van der Waals surface area (Å²) in [5, 5.41) is 7.51. The van der Waals surface area contributed by atoms with E-state index in [1.165, 1.54) is 18.4 Å². The molecule has 3 rings (SSSR count). The number of hydrogen-bond acceptors (Lipinski definition) is 3. The Balaban J connectivity index is 1.57. The van der Waals surface area contributed by atoms with Crippen molar-refractivity contribution >= 4 is 23.4 Å². The Bertz CT molecular complexity index is 756. The summed E-state index contributed by atoms with van der Waals surface area (Å²) in [6.07, 6.45) is 5.25. The van der Waals surface area contributed by atoms with Gasteiger partial charge in [-0.1, -0.05) is 29.8 Å². The maximum Gasteiger partial charge on any atom is 0.191 e. The third-order valence-corrected chi connectivity index (χ3v) is 5.02. The number of hydrogen-bond donors (Lipinski definition) is 2. The topological polar surface area (TPSA) is 52.6 Å². The van der Waals surface area contributed by atoms with Gasteiger partial charge in [-0.2, -0.15) is 0 Å². The summed E-state index contributed by atoms with van der Waals surface area (Å²) < 4.78 is 0. The van der Waals surface area contributed by atoms with Gasteiger partial charge in [-0.3, -0.25) is 0 Å². The van der Waals surface area contributed by atoms with E-state index >= 15 is 0 Å². The van der Waals surface area contributed by atoms with Crippen LogP contribution >= 0.6 is 11.6 Å². The fourth-order valence-electron chi connectivity index (χ4n) is 3.21. The van der Waals surface area contributed by atoms with Gasteiger partial charge in [0, 0.05) is 37.4 Å². The minimum atomic E-state index is 0.630. The van der Waals surface area contributed by atoms with E-state index in [9.17, 15) is 0 Å². The number of anilines is 1. The molecule has 1 aliphatic heterocycles. The molecular formula is C21H28ClN5. The average Bonchev–Trinajstić information content (AvgIpc) is 3.23. The lowest BCUT2D eigenvalue weighted by Gasteiger charge is -2.16. The molecule has 0 spiro atoms. The fraction of sp³-hybridized carbons (Fsp3) is 0.429. The number of nitrogens with one attached hydrogen (secondary N) is 2. The average molecular weight is 386 g/mol. The van der Waals surface area contributed by atoms with Gasteiger partial charge in [-0.15, -0.1) is 0 Å². The van der Waals surface area contributed by atoms with Crippen LogP contribution in [-0.2, 0) is 13.0 Å². The molecule has 1 fully saturated rings.